The number of aromatic nitrogens is 1. The SMILES string of the molecule is CNC(=O)C1(COC)CCCN1C(=O)c1ncc(F)cc1F. The number of likely N-dealkylation sites (N-methyl/N-ethyl adjacent to an activating group) is 1. The number of carbonyl (C=O) groups is 2. The Morgan fingerprint density at radius 3 is 2.82 bits per heavy atom. The average molecular weight is 313 g/mol. The number of halogens is 2. The molecule has 1 unspecified atom stereocenters. The first kappa shape index (κ1) is 16.3. The van der Waals surface area contributed by atoms with Crippen molar-refractivity contribution >= 4 is 11.8 Å². The first-order valence-corrected chi connectivity index (χ1v) is 6.80. The monoisotopic (exact) mass is 313 g/mol. The Labute approximate surface area is 126 Å². The second-order valence-electron chi connectivity index (χ2n) is 5.09. The van der Waals surface area contributed by atoms with Crippen LogP contribution in [0.4, 0.5) is 8.78 Å². The summed E-state index contributed by atoms with van der Waals surface area (Å²) in [5, 5.41) is 2.51. The van der Waals surface area contributed by atoms with Gasteiger partial charge in [-0.2, -0.15) is 0 Å². The lowest BCUT2D eigenvalue weighted by Crippen LogP contribution is -2.59. The van der Waals surface area contributed by atoms with E-state index in [-0.39, 0.29) is 19.1 Å². The van der Waals surface area contributed by atoms with Crippen molar-refractivity contribution in [1.82, 2.24) is 15.2 Å². The molecule has 1 aromatic rings. The molecule has 0 radical (unpaired) electrons. The fraction of sp³-hybridized carbons (Fsp3) is 0.500. The largest absolute Gasteiger partial charge is 0.382 e. The molecule has 0 saturated carbocycles. The molecular weight excluding hydrogens is 296 g/mol. The number of likely N-dealkylation sites (tertiary alicyclic amines) is 1. The number of amides is 2. The molecular formula is C14H17F2N3O3. The van der Waals surface area contributed by atoms with E-state index in [0.29, 0.717) is 18.9 Å². The van der Waals surface area contributed by atoms with Gasteiger partial charge in [-0.3, -0.25) is 9.59 Å². The highest BCUT2D eigenvalue weighted by Gasteiger charge is 2.50. The third kappa shape index (κ3) is 2.66. The summed E-state index contributed by atoms with van der Waals surface area (Å²) in [6, 6.07) is 0.591. The molecule has 1 aliphatic rings. The van der Waals surface area contributed by atoms with Crippen molar-refractivity contribution in [3.8, 4) is 0 Å². The minimum absolute atomic E-state index is 0.0127. The molecule has 8 heteroatoms. The van der Waals surface area contributed by atoms with Crippen LogP contribution < -0.4 is 5.32 Å². The Hall–Kier alpha value is -2.09. The fourth-order valence-corrected chi connectivity index (χ4v) is 2.80. The van der Waals surface area contributed by atoms with Gasteiger partial charge in [0, 0.05) is 26.8 Å². The number of methoxy groups -OCH3 is 1. The Balaban J connectivity index is 2.40. The maximum absolute atomic E-state index is 13.8. The fourth-order valence-electron chi connectivity index (χ4n) is 2.80. The number of pyridine rings is 1. The number of rotatable bonds is 4. The molecule has 0 spiro atoms. The lowest BCUT2D eigenvalue weighted by atomic mass is 9.95. The van der Waals surface area contributed by atoms with E-state index in [1.54, 1.807) is 0 Å². The predicted octanol–water partition coefficient (Wildman–Crippen LogP) is 0.727. The van der Waals surface area contributed by atoms with Crippen molar-refractivity contribution in [3.63, 3.8) is 0 Å². The number of nitrogens with one attached hydrogen (secondary N) is 1. The lowest BCUT2D eigenvalue weighted by Gasteiger charge is -2.36. The minimum Gasteiger partial charge on any atom is -0.382 e. The maximum Gasteiger partial charge on any atom is 0.276 e. The minimum atomic E-state index is -1.21. The Morgan fingerprint density at radius 2 is 2.23 bits per heavy atom. The van der Waals surface area contributed by atoms with Gasteiger partial charge < -0.3 is 15.0 Å². The first-order valence-electron chi connectivity index (χ1n) is 6.80. The zero-order valence-electron chi connectivity index (χ0n) is 12.4. The molecule has 1 aliphatic heterocycles. The summed E-state index contributed by atoms with van der Waals surface area (Å²) in [5.41, 5.74) is -1.71. The van der Waals surface area contributed by atoms with Crippen LogP contribution in [0.3, 0.4) is 0 Å². The molecule has 0 bridgehead atoms. The van der Waals surface area contributed by atoms with E-state index in [1.807, 2.05) is 0 Å². The van der Waals surface area contributed by atoms with Gasteiger partial charge in [-0.1, -0.05) is 0 Å². The van der Waals surface area contributed by atoms with Crippen molar-refractivity contribution in [3.05, 3.63) is 29.6 Å². The summed E-state index contributed by atoms with van der Waals surface area (Å²) in [6.07, 6.45) is 1.74. The van der Waals surface area contributed by atoms with Crippen LogP contribution in [-0.4, -0.2) is 54.5 Å². The van der Waals surface area contributed by atoms with Crippen LogP contribution in [-0.2, 0) is 9.53 Å². The van der Waals surface area contributed by atoms with Crippen LogP contribution in [0.25, 0.3) is 0 Å². The molecule has 2 rings (SSSR count). The smallest absolute Gasteiger partial charge is 0.276 e. The molecule has 2 heterocycles. The molecule has 6 nitrogen and oxygen atoms in total. The topological polar surface area (TPSA) is 71.5 Å². The quantitative estimate of drug-likeness (QED) is 0.889. The number of hydrogen-bond acceptors (Lipinski definition) is 4. The summed E-state index contributed by atoms with van der Waals surface area (Å²) < 4.78 is 31.8. The molecule has 1 aromatic heterocycles. The summed E-state index contributed by atoms with van der Waals surface area (Å²) in [6.45, 7) is 0.259. The van der Waals surface area contributed by atoms with E-state index in [2.05, 4.69) is 10.3 Å². The van der Waals surface area contributed by atoms with E-state index in [4.69, 9.17) is 4.74 Å². The van der Waals surface area contributed by atoms with Gasteiger partial charge in [0.1, 0.15) is 11.4 Å². The van der Waals surface area contributed by atoms with E-state index in [0.717, 1.165) is 6.20 Å². The van der Waals surface area contributed by atoms with Gasteiger partial charge in [0.05, 0.1) is 12.8 Å². The van der Waals surface area contributed by atoms with E-state index >= 15 is 0 Å². The van der Waals surface area contributed by atoms with Crippen molar-refractivity contribution < 1.29 is 23.1 Å². The molecule has 2 amide bonds. The molecule has 1 fully saturated rings. The third-order valence-electron chi connectivity index (χ3n) is 3.78. The van der Waals surface area contributed by atoms with E-state index in [1.165, 1.54) is 19.1 Å². The maximum atomic E-state index is 13.8. The summed E-state index contributed by atoms with van der Waals surface area (Å²) in [5.74, 6) is -3.07. The molecule has 1 atom stereocenters. The Morgan fingerprint density at radius 1 is 1.50 bits per heavy atom. The van der Waals surface area contributed by atoms with Gasteiger partial charge >= 0.3 is 0 Å². The van der Waals surface area contributed by atoms with Crippen molar-refractivity contribution in [1.29, 1.82) is 0 Å². The van der Waals surface area contributed by atoms with Gasteiger partial charge in [0.2, 0.25) is 5.91 Å². The van der Waals surface area contributed by atoms with Crippen molar-refractivity contribution in [2.75, 3.05) is 27.3 Å². The van der Waals surface area contributed by atoms with Crippen LogP contribution in [0.15, 0.2) is 12.3 Å². The number of hydrogen-bond donors (Lipinski definition) is 1. The summed E-state index contributed by atoms with van der Waals surface area (Å²) >= 11 is 0. The number of nitrogens with zero attached hydrogens (tertiary/aromatic N) is 2. The molecule has 0 aromatic carbocycles. The summed E-state index contributed by atoms with van der Waals surface area (Å²) in [4.78, 5) is 29.6. The molecule has 1 saturated heterocycles. The zero-order chi connectivity index (χ0) is 16.3. The number of ether oxygens (including phenoxy) is 1. The van der Waals surface area contributed by atoms with Crippen LogP contribution >= 0.6 is 0 Å². The molecule has 1 N–H and O–H groups in total. The third-order valence-corrected chi connectivity index (χ3v) is 3.78. The first-order chi connectivity index (χ1) is 10.5. The highest BCUT2D eigenvalue weighted by atomic mass is 19.1. The van der Waals surface area contributed by atoms with Crippen molar-refractivity contribution in [2.45, 2.75) is 18.4 Å². The van der Waals surface area contributed by atoms with Gasteiger partial charge in [-0.05, 0) is 12.8 Å². The van der Waals surface area contributed by atoms with Gasteiger partial charge in [-0.25, -0.2) is 13.8 Å². The van der Waals surface area contributed by atoms with Gasteiger partial charge in [0.15, 0.2) is 11.5 Å². The molecule has 22 heavy (non-hydrogen) atoms. The molecule has 0 aliphatic carbocycles. The average Bonchev–Trinajstić information content (AvgIpc) is 2.91. The summed E-state index contributed by atoms with van der Waals surface area (Å²) in [7, 11) is 2.87. The second kappa shape index (κ2) is 6.35. The van der Waals surface area contributed by atoms with E-state index in [9.17, 15) is 18.4 Å². The lowest BCUT2D eigenvalue weighted by molar-refractivity contribution is -0.133. The highest BCUT2D eigenvalue weighted by molar-refractivity contribution is 5.98. The van der Waals surface area contributed by atoms with Gasteiger partial charge in [0.25, 0.3) is 5.91 Å². The van der Waals surface area contributed by atoms with Crippen LogP contribution in [0.1, 0.15) is 23.3 Å². The predicted molar refractivity (Wildman–Crippen MR) is 73.1 cm³/mol. The van der Waals surface area contributed by atoms with Crippen molar-refractivity contribution in [2.24, 2.45) is 0 Å². The zero-order valence-corrected chi connectivity index (χ0v) is 12.4. The Bertz CT molecular complexity index is 597. The highest BCUT2D eigenvalue weighted by Crippen LogP contribution is 2.31. The van der Waals surface area contributed by atoms with E-state index < -0.39 is 28.8 Å². The van der Waals surface area contributed by atoms with Crippen LogP contribution in [0.2, 0.25) is 0 Å². The van der Waals surface area contributed by atoms with Crippen LogP contribution in [0, 0.1) is 11.6 Å². The van der Waals surface area contributed by atoms with Gasteiger partial charge in [-0.15, -0.1) is 0 Å². The Kier molecular flexibility index (Phi) is 4.70. The normalized spacial score (nSPS) is 21.0. The molecule has 120 valence electrons. The second-order valence-corrected chi connectivity index (χ2v) is 5.09. The standard InChI is InChI=1S/C14H17F2N3O3/c1-17-13(21)14(8-22-2)4-3-5-19(14)12(20)11-10(16)6-9(15)7-18-11/h6-7H,3-5,8H2,1-2H3,(H,17,21). The van der Waals surface area contributed by atoms with Crippen LogP contribution in [0.5, 0.6) is 0 Å². The number of carbonyl (C=O) groups excluding carboxylic acids is 2.